The van der Waals surface area contributed by atoms with E-state index in [1.54, 1.807) is 6.92 Å². The van der Waals surface area contributed by atoms with Crippen LogP contribution in [-0.2, 0) is 4.79 Å². The summed E-state index contributed by atoms with van der Waals surface area (Å²) < 4.78 is 38.3. The summed E-state index contributed by atoms with van der Waals surface area (Å²) in [5.41, 5.74) is 0.986. The molecule has 0 bridgehead atoms. The van der Waals surface area contributed by atoms with Gasteiger partial charge >= 0.3 is 6.18 Å². The van der Waals surface area contributed by atoms with Crippen molar-refractivity contribution in [2.24, 2.45) is 0 Å². The highest BCUT2D eigenvalue weighted by molar-refractivity contribution is 9.10. The molecule has 0 saturated carbocycles. The summed E-state index contributed by atoms with van der Waals surface area (Å²) in [5, 5.41) is 0. The molecule has 0 atom stereocenters. The van der Waals surface area contributed by atoms with Gasteiger partial charge in [0.25, 0.3) is 0 Å². The second-order valence-corrected chi connectivity index (χ2v) is 6.56. The smallest absolute Gasteiger partial charge is 0.333 e. The molecule has 1 rings (SSSR count). The van der Waals surface area contributed by atoms with Crippen molar-refractivity contribution in [2.45, 2.75) is 31.3 Å². The molecule has 0 aromatic heterocycles. The van der Waals surface area contributed by atoms with Gasteiger partial charge in [0, 0.05) is 15.9 Å². The van der Waals surface area contributed by atoms with E-state index in [0.29, 0.717) is 6.42 Å². The van der Waals surface area contributed by atoms with Crippen LogP contribution in [0.5, 0.6) is 0 Å². The molecule has 0 spiro atoms. The quantitative estimate of drug-likeness (QED) is 0.666. The average Bonchev–Trinajstić information content (AvgIpc) is 2.35. The first-order valence-electron chi connectivity index (χ1n) is 6.46. The van der Waals surface area contributed by atoms with Gasteiger partial charge in [-0.1, -0.05) is 22.9 Å². The Morgan fingerprint density at radius 2 is 2.05 bits per heavy atom. The molecule has 1 aromatic rings. The van der Waals surface area contributed by atoms with E-state index < -0.39 is 18.6 Å². The Morgan fingerprint density at radius 3 is 2.57 bits per heavy atom. The molecule has 0 N–H and O–H groups in total. The fourth-order valence-corrected chi connectivity index (χ4v) is 3.17. The molecule has 2 nitrogen and oxygen atoms in total. The van der Waals surface area contributed by atoms with Gasteiger partial charge in [-0.2, -0.15) is 13.2 Å². The first-order chi connectivity index (χ1) is 9.73. The molecular formula is C14H17BrF3NOS. The number of thioether (sulfide) groups is 1. The van der Waals surface area contributed by atoms with Crippen LogP contribution in [0.3, 0.4) is 0 Å². The Kier molecular flexibility index (Phi) is 7.06. The van der Waals surface area contributed by atoms with E-state index in [-0.39, 0.29) is 12.3 Å². The van der Waals surface area contributed by atoms with Crippen molar-refractivity contribution in [3.05, 3.63) is 28.2 Å². The zero-order valence-electron chi connectivity index (χ0n) is 11.8. The molecule has 0 aliphatic heterocycles. The fourth-order valence-electron chi connectivity index (χ4n) is 1.78. The second kappa shape index (κ2) is 8.08. The number of benzene rings is 1. The largest absolute Gasteiger partial charge is 0.406 e. The van der Waals surface area contributed by atoms with Crippen molar-refractivity contribution >= 4 is 33.6 Å². The molecule has 118 valence electrons. The van der Waals surface area contributed by atoms with Crippen LogP contribution in [0.15, 0.2) is 27.6 Å². The summed E-state index contributed by atoms with van der Waals surface area (Å²) in [6, 6.07) is 5.61. The van der Waals surface area contributed by atoms with Crippen LogP contribution < -0.4 is 0 Å². The summed E-state index contributed by atoms with van der Waals surface area (Å²) in [6.45, 7) is 2.59. The summed E-state index contributed by atoms with van der Waals surface area (Å²) in [6.07, 6.45) is -3.85. The normalized spacial score (nSPS) is 11.5. The van der Waals surface area contributed by atoms with Crippen LogP contribution in [0, 0.1) is 6.92 Å². The number of halogens is 4. The molecule has 1 amide bonds. The van der Waals surface area contributed by atoms with E-state index >= 15 is 0 Å². The Bertz CT molecular complexity index is 494. The topological polar surface area (TPSA) is 20.3 Å². The lowest BCUT2D eigenvalue weighted by Gasteiger charge is -2.23. The molecular weight excluding hydrogens is 367 g/mol. The van der Waals surface area contributed by atoms with Crippen molar-refractivity contribution in [3.63, 3.8) is 0 Å². The van der Waals surface area contributed by atoms with Gasteiger partial charge < -0.3 is 4.90 Å². The SMILES string of the molecule is CCCN(CC(F)(F)F)C(=O)CSc1ccc(Br)cc1C. The maximum Gasteiger partial charge on any atom is 0.406 e. The first-order valence-corrected chi connectivity index (χ1v) is 8.24. The molecule has 0 aliphatic rings. The Labute approximate surface area is 135 Å². The third-order valence-corrected chi connectivity index (χ3v) is 4.36. The molecule has 0 radical (unpaired) electrons. The molecule has 7 heteroatoms. The molecule has 1 aromatic carbocycles. The van der Waals surface area contributed by atoms with E-state index in [1.807, 2.05) is 25.1 Å². The Balaban J connectivity index is 2.64. The van der Waals surface area contributed by atoms with Gasteiger partial charge in [-0.3, -0.25) is 4.79 Å². The van der Waals surface area contributed by atoms with Crippen LogP contribution in [0.25, 0.3) is 0 Å². The second-order valence-electron chi connectivity index (χ2n) is 4.63. The summed E-state index contributed by atoms with van der Waals surface area (Å²) in [7, 11) is 0. The number of hydrogen-bond donors (Lipinski definition) is 0. The number of aryl methyl sites for hydroxylation is 1. The summed E-state index contributed by atoms with van der Waals surface area (Å²) >= 11 is 4.61. The van der Waals surface area contributed by atoms with Crippen molar-refractivity contribution in [1.29, 1.82) is 0 Å². The van der Waals surface area contributed by atoms with Crippen LogP contribution in [0.1, 0.15) is 18.9 Å². The van der Waals surface area contributed by atoms with Gasteiger partial charge in [0.2, 0.25) is 5.91 Å². The predicted octanol–water partition coefficient (Wildman–Crippen LogP) is 4.65. The minimum atomic E-state index is -4.36. The highest BCUT2D eigenvalue weighted by Crippen LogP contribution is 2.26. The molecule has 0 fully saturated rings. The van der Waals surface area contributed by atoms with Gasteiger partial charge in [-0.25, -0.2) is 0 Å². The maximum atomic E-state index is 12.5. The van der Waals surface area contributed by atoms with E-state index in [9.17, 15) is 18.0 Å². The van der Waals surface area contributed by atoms with Gasteiger partial charge in [0.05, 0.1) is 5.75 Å². The highest BCUT2D eigenvalue weighted by atomic mass is 79.9. The molecule has 0 saturated heterocycles. The van der Waals surface area contributed by atoms with Gasteiger partial charge in [-0.05, 0) is 37.1 Å². The number of alkyl halides is 3. The van der Waals surface area contributed by atoms with Gasteiger partial charge in [0.15, 0.2) is 0 Å². The summed E-state index contributed by atoms with van der Waals surface area (Å²) in [5.74, 6) is -0.472. The lowest BCUT2D eigenvalue weighted by molar-refractivity contribution is -0.159. The molecule has 0 heterocycles. The molecule has 0 unspecified atom stereocenters. The summed E-state index contributed by atoms with van der Waals surface area (Å²) in [4.78, 5) is 13.7. The number of amides is 1. The number of carbonyl (C=O) groups excluding carboxylic acids is 1. The lowest BCUT2D eigenvalue weighted by atomic mass is 10.2. The van der Waals surface area contributed by atoms with Gasteiger partial charge in [-0.15, -0.1) is 11.8 Å². The van der Waals surface area contributed by atoms with E-state index in [1.165, 1.54) is 11.8 Å². The zero-order valence-corrected chi connectivity index (χ0v) is 14.2. The van der Waals surface area contributed by atoms with E-state index in [2.05, 4.69) is 15.9 Å². The fraction of sp³-hybridized carbons (Fsp3) is 0.500. The monoisotopic (exact) mass is 383 g/mol. The maximum absolute atomic E-state index is 12.5. The number of hydrogen-bond acceptors (Lipinski definition) is 2. The van der Waals surface area contributed by atoms with Crippen LogP contribution in [0.2, 0.25) is 0 Å². The zero-order chi connectivity index (χ0) is 16.0. The van der Waals surface area contributed by atoms with Crippen molar-refractivity contribution in [3.8, 4) is 0 Å². The average molecular weight is 384 g/mol. The third kappa shape index (κ3) is 6.74. The third-order valence-electron chi connectivity index (χ3n) is 2.70. The van der Waals surface area contributed by atoms with E-state index in [0.717, 1.165) is 19.8 Å². The number of carbonyl (C=O) groups is 1. The van der Waals surface area contributed by atoms with E-state index in [4.69, 9.17) is 0 Å². The molecule has 21 heavy (non-hydrogen) atoms. The minimum Gasteiger partial charge on any atom is -0.333 e. The number of rotatable bonds is 6. The van der Waals surface area contributed by atoms with Crippen LogP contribution in [0.4, 0.5) is 13.2 Å². The highest BCUT2D eigenvalue weighted by Gasteiger charge is 2.32. The van der Waals surface area contributed by atoms with Crippen molar-refractivity contribution < 1.29 is 18.0 Å². The van der Waals surface area contributed by atoms with Gasteiger partial charge in [0.1, 0.15) is 6.54 Å². The van der Waals surface area contributed by atoms with Crippen LogP contribution >= 0.6 is 27.7 Å². The standard InChI is InChI=1S/C14H17BrF3NOS/c1-3-6-19(9-14(16,17)18)13(20)8-21-12-5-4-11(15)7-10(12)2/h4-5,7H,3,6,8-9H2,1-2H3. The number of nitrogens with zero attached hydrogens (tertiary/aromatic N) is 1. The molecule has 0 aliphatic carbocycles. The van der Waals surface area contributed by atoms with Crippen molar-refractivity contribution in [2.75, 3.05) is 18.8 Å². The Hall–Kier alpha value is -0.690. The van der Waals surface area contributed by atoms with Crippen LogP contribution in [-0.4, -0.2) is 35.8 Å². The first kappa shape index (κ1) is 18.4. The lowest BCUT2D eigenvalue weighted by Crippen LogP contribution is -2.40. The minimum absolute atomic E-state index is 0.0125. The Morgan fingerprint density at radius 1 is 1.38 bits per heavy atom. The van der Waals surface area contributed by atoms with Crippen molar-refractivity contribution in [1.82, 2.24) is 4.90 Å². The predicted molar refractivity (Wildman–Crippen MR) is 82.5 cm³/mol.